The maximum atomic E-state index is 13.7. The number of ether oxygens (including phenoxy) is 2. The molecular formula is C14H20FNO3. The van der Waals surface area contributed by atoms with Crippen LogP contribution < -0.4 is 10.1 Å². The molecule has 1 N–H and O–H groups in total. The Morgan fingerprint density at radius 2 is 2.21 bits per heavy atom. The quantitative estimate of drug-likeness (QED) is 0.770. The van der Waals surface area contributed by atoms with E-state index in [1.54, 1.807) is 25.1 Å². The van der Waals surface area contributed by atoms with Gasteiger partial charge in [0.25, 0.3) is 0 Å². The molecule has 0 fully saturated rings. The van der Waals surface area contributed by atoms with Gasteiger partial charge in [-0.05, 0) is 25.1 Å². The van der Waals surface area contributed by atoms with Gasteiger partial charge in [-0.2, -0.15) is 0 Å². The van der Waals surface area contributed by atoms with Gasteiger partial charge in [0.2, 0.25) is 0 Å². The van der Waals surface area contributed by atoms with Crippen LogP contribution in [0.2, 0.25) is 0 Å². The zero-order chi connectivity index (χ0) is 14.3. The second-order valence-corrected chi connectivity index (χ2v) is 4.16. The first-order chi connectivity index (χ1) is 9.10. The molecule has 0 aliphatic rings. The standard InChI is InChI=1S/C14H20FNO3/c1-4-16-11(14(17)18-3)8-9-19-12-7-5-6-10(2)13(12)15/h5-7,11,16H,4,8-9H2,1-3H3. The summed E-state index contributed by atoms with van der Waals surface area (Å²) in [6.07, 6.45) is 0.424. The highest BCUT2D eigenvalue weighted by molar-refractivity contribution is 5.75. The number of likely N-dealkylation sites (N-methyl/N-ethyl adjacent to an activating group) is 1. The van der Waals surface area contributed by atoms with Gasteiger partial charge in [0, 0.05) is 6.42 Å². The second-order valence-electron chi connectivity index (χ2n) is 4.16. The third-order valence-corrected chi connectivity index (χ3v) is 2.76. The van der Waals surface area contributed by atoms with Gasteiger partial charge in [0.05, 0.1) is 13.7 Å². The minimum atomic E-state index is -0.428. The van der Waals surface area contributed by atoms with Gasteiger partial charge < -0.3 is 14.8 Å². The average molecular weight is 269 g/mol. The van der Waals surface area contributed by atoms with Crippen molar-refractivity contribution in [2.75, 3.05) is 20.3 Å². The number of aryl methyl sites for hydroxylation is 1. The summed E-state index contributed by atoms with van der Waals surface area (Å²) in [7, 11) is 1.34. The summed E-state index contributed by atoms with van der Waals surface area (Å²) >= 11 is 0. The minimum absolute atomic E-state index is 0.208. The van der Waals surface area contributed by atoms with Gasteiger partial charge in [0.15, 0.2) is 11.6 Å². The predicted octanol–water partition coefficient (Wildman–Crippen LogP) is 2.05. The van der Waals surface area contributed by atoms with Crippen LogP contribution in [0.3, 0.4) is 0 Å². The summed E-state index contributed by atoms with van der Waals surface area (Å²) in [5, 5.41) is 3.00. The number of halogens is 1. The highest BCUT2D eigenvalue weighted by atomic mass is 19.1. The number of benzene rings is 1. The van der Waals surface area contributed by atoms with E-state index in [1.165, 1.54) is 7.11 Å². The molecule has 0 saturated heterocycles. The Hall–Kier alpha value is -1.62. The average Bonchev–Trinajstić information content (AvgIpc) is 2.41. The lowest BCUT2D eigenvalue weighted by atomic mass is 10.2. The van der Waals surface area contributed by atoms with Crippen molar-refractivity contribution < 1.29 is 18.7 Å². The molecule has 0 aliphatic heterocycles. The van der Waals surface area contributed by atoms with Gasteiger partial charge in [-0.3, -0.25) is 4.79 Å². The molecule has 106 valence electrons. The number of hydrogen-bond acceptors (Lipinski definition) is 4. The number of rotatable bonds is 7. The number of esters is 1. The molecule has 0 bridgehead atoms. The molecule has 1 aromatic carbocycles. The van der Waals surface area contributed by atoms with E-state index < -0.39 is 6.04 Å². The number of nitrogens with one attached hydrogen (secondary N) is 1. The molecule has 19 heavy (non-hydrogen) atoms. The monoisotopic (exact) mass is 269 g/mol. The van der Waals surface area contributed by atoms with Gasteiger partial charge in [0.1, 0.15) is 6.04 Å². The first kappa shape index (κ1) is 15.4. The zero-order valence-corrected chi connectivity index (χ0v) is 11.5. The minimum Gasteiger partial charge on any atom is -0.490 e. The van der Waals surface area contributed by atoms with Crippen molar-refractivity contribution >= 4 is 5.97 Å². The molecule has 0 aromatic heterocycles. The molecule has 0 amide bonds. The Morgan fingerprint density at radius 1 is 1.47 bits per heavy atom. The van der Waals surface area contributed by atoms with E-state index >= 15 is 0 Å². The molecule has 0 spiro atoms. The fourth-order valence-electron chi connectivity index (χ4n) is 1.71. The third-order valence-electron chi connectivity index (χ3n) is 2.76. The van der Waals surface area contributed by atoms with Gasteiger partial charge in [-0.15, -0.1) is 0 Å². The third kappa shape index (κ3) is 4.52. The number of methoxy groups -OCH3 is 1. The Bertz CT molecular complexity index is 423. The van der Waals surface area contributed by atoms with Crippen molar-refractivity contribution in [3.8, 4) is 5.75 Å². The summed E-state index contributed by atoms with van der Waals surface area (Å²) in [4.78, 5) is 11.5. The topological polar surface area (TPSA) is 47.6 Å². The summed E-state index contributed by atoms with van der Waals surface area (Å²) in [5.41, 5.74) is 0.536. The molecular weight excluding hydrogens is 249 g/mol. The highest BCUT2D eigenvalue weighted by Crippen LogP contribution is 2.19. The van der Waals surface area contributed by atoms with Crippen LogP contribution in [-0.2, 0) is 9.53 Å². The number of carbonyl (C=O) groups excluding carboxylic acids is 1. The number of hydrogen-bond donors (Lipinski definition) is 1. The normalized spacial score (nSPS) is 12.0. The molecule has 0 radical (unpaired) electrons. The van der Waals surface area contributed by atoms with Crippen LogP contribution in [0.5, 0.6) is 5.75 Å². The second kappa shape index (κ2) is 7.74. The van der Waals surface area contributed by atoms with E-state index in [-0.39, 0.29) is 24.1 Å². The Labute approximate surface area is 112 Å². The van der Waals surface area contributed by atoms with Crippen LogP contribution in [0.4, 0.5) is 4.39 Å². The fraction of sp³-hybridized carbons (Fsp3) is 0.500. The van der Waals surface area contributed by atoms with Crippen molar-refractivity contribution in [3.63, 3.8) is 0 Å². The van der Waals surface area contributed by atoms with Crippen molar-refractivity contribution in [1.82, 2.24) is 5.32 Å². The van der Waals surface area contributed by atoms with Crippen molar-refractivity contribution in [2.45, 2.75) is 26.3 Å². The number of carbonyl (C=O) groups is 1. The maximum Gasteiger partial charge on any atom is 0.322 e. The lowest BCUT2D eigenvalue weighted by Gasteiger charge is -2.16. The van der Waals surface area contributed by atoms with E-state index in [0.29, 0.717) is 18.5 Å². The van der Waals surface area contributed by atoms with Gasteiger partial charge in [-0.1, -0.05) is 19.1 Å². The van der Waals surface area contributed by atoms with E-state index in [1.807, 2.05) is 6.92 Å². The van der Waals surface area contributed by atoms with E-state index in [2.05, 4.69) is 10.1 Å². The van der Waals surface area contributed by atoms with E-state index in [9.17, 15) is 9.18 Å². The van der Waals surface area contributed by atoms with Gasteiger partial charge >= 0.3 is 5.97 Å². The van der Waals surface area contributed by atoms with Crippen LogP contribution in [-0.4, -0.2) is 32.3 Å². The van der Waals surface area contributed by atoms with Crippen LogP contribution in [0.15, 0.2) is 18.2 Å². The molecule has 1 unspecified atom stereocenters. The molecule has 1 rings (SSSR count). The molecule has 5 heteroatoms. The van der Waals surface area contributed by atoms with Crippen LogP contribution in [0, 0.1) is 12.7 Å². The lowest BCUT2D eigenvalue weighted by molar-refractivity contribution is -0.143. The molecule has 1 aromatic rings. The van der Waals surface area contributed by atoms with Crippen molar-refractivity contribution in [3.05, 3.63) is 29.6 Å². The van der Waals surface area contributed by atoms with Crippen LogP contribution in [0.1, 0.15) is 18.9 Å². The summed E-state index contributed by atoms with van der Waals surface area (Å²) in [5.74, 6) is -0.490. The van der Waals surface area contributed by atoms with Crippen molar-refractivity contribution in [1.29, 1.82) is 0 Å². The highest BCUT2D eigenvalue weighted by Gasteiger charge is 2.18. The zero-order valence-electron chi connectivity index (χ0n) is 11.5. The molecule has 0 saturated carbocycles. The summed E-state index contributed by atoms with van der Waals surface area (Å²) in [6.45, 7) is 4.47. The molecule has 0 aliphatic carbocycles. The fourth-order valence-corrected chi connectivity index (χ4v) is 1.71. The first-order valence-corrected chi connectivity index (χ1v) is 6.29. The molecule has 0 heterocycles. The molecule has 1 atom stereocenters. The Morgan fingerprint density at radius 3 is 2.84 bits per heavy atom. The maximum absolute atomic E-state index is 13.7. The van der Waals surface area contributed by atoms with Crippen LogP contribution >= 0.6 is 0 Å². The molecule has 4 nitrogen and oxygen atoms in total. The Kier molecular flexibility index (Phi) is 6.29. The Balaban J connectivity index is 2.52. The lowest BCUT2D eigenvalue weighted by Crippen LogP contribution is -2.38. The van der Waals surface area contributed by atoms with Crippen molar-refractivity contribution in [2.24, 2.45) is 0 Å². The summed E-state index contributed by atoms with van der Waals surface area (Å²) in [6, 6.07) is 4.55. The predicted molar refractivity (Wildman–Crippen MR) is 70.7 cm³/mol. The SMILES string of the molecule is CCNC(CCOc1cccc(C)c1F)C(=O)OC. The van der Waals surface area contributed by atoms with E-state index in [0.717, 1.165) is 0 Å². The van der Waals surface area contributed by atoms with E-state index in [4.69, 9.17) is 4.74 Å². The summed E-state index contributed by atoms with van der Waals surface area (Å²) < 4.78 is 23.7. The van der Waals surface area contributed by atoms with Gasteiger partial charge in [-0.25, -0.2) is 4.39 Å². The first-order valence-electron chi connectivity index (χ1n) is 6.29. The largest absolute Gasteiger partial charge is 0.490 e. The van der Waals surface area contributed by atoms with Crippen LogP contribution in [0.25, 0.3) is 0 Å². The smallest absolute Gasteiger partial charge is 0.322 e.